The van der Waals surface area contributed by atoms with Crippen molar-refractivity contribution in [3.05, 3.63) is 65.2 Å². The van der Waals surface area contributed by atoms with Gasteiger partial charge in [0, 0.05) is 0 Å². The van der Waals surface area contributed by atoms with Gasteiger partial charge in [0.05, 0.1) is 17.4 Å². The molecular weight excluding hydrogens is 436 g/mol. The van der Waals surface area contributed by atoms with Gasteiger partial charge in [-0.2, -0.15) is 8.42 Å². The summed E-state index contributed by atoms with van der Waals surface area (Å²) in [6.07, 6.45) is 5.71. The number of carbonyl (C=O) groups is 1. The fraction of sp³-hybridized carbons (Fsp3) is 0.519. The summed E-state index contributed by atoms with van der Waals surface area (Å²) >= 11 is 0. The minimum Gasteiger partial charge on any atom is -0.459 e. The maximum atomic E-state index is 13.0. The molecule has 0 radical (unpaired) electrons. The highest BCUT2D eigenvalue weighted by Crippen LogP contribution is 2.39. The van der Waals surface area contributed by atoms with E-state index in [-0.39, 0.29) is 23.4 Å². The first-order valence-electron chi connectivity index (χ1n) is 11.8. The average Bonchev–Trinajstić information content (AvgIpc) is 3.25. The van der Waals surface area contributed by atoms with Crippen molar-refractivity contribution in [1.82, 2.24) is 0 Å². The molecule has 1 aliphatic carbocycles. The van der Waals surface area contributed by atoms with Crippen molar-refractivity contribution in [2.45, 2.75) is 82.6 Å². The summed E-state index contributed by atoms with van der Waals surface area (Å²) in [7, 11) is -3.75. The van der Waals surface area contributed by atoms with Crippen LogP contribution in [0.4, 0.5) is 0 Å². The van der Waals surface area contributed by atoms with Crippen LogP contribution in [-0.2, 0) is 30.3 Å². The van der Waals surface area contributed by atoms with Crippen molar-refractivity contribution in [1.29, 1.82) is 0 Å². The van der Waals surface area contributed by atoms with Gasteiger partial charge in [0.15, 0.2) is 0 Å². The Hall–Kier alpha value is -2.18. The number of carbonyl (C=O) groups excluding carboxylic acids is 1. The zero-order valence-electron chi connectivity index (χ0n) is 20.2. The van der Waals surface area contributed by atoms with Crippen LogP contribution >= 0.6 is 0 Å². The third-order valence-electron chi connectivity index (χ3n) is 6.08. The largest absolute Gasteiger partial charge is 0.459 e. The molecule has 1 unspecified atom stereocenters. The van der Waals surface area contributed by atoms with Gasteiger partial charge in [0.2, 0.25) is 0 Å². The van der Waals surface area contributed by atoms with Gasteiger partial charge in [-0.15, -0.1) is 0 Å². The van der Waals surface area contributed by atoms with Gasteiger partial charge >= 0.3 is 5.97 Å². The van der Waals surface area contributed by atoms with Crippen molar-refractivity contribution >= 4 is 16.1 Å². The minimum atomic E-state index is -3.75. The van der Waals surface area contributed by atoms with E-state index in [9.17, 15) is 13.2 Å². The number of rotatable bonds is 9. The van der Waals surface area contributed by atoms with Gasteiger partial charge in [0.25, 0.3) is 10.1 Å². The Morgan fingerprint density at radius 1 is 1.03 bits per heavy atom. The second-order valence-corrected chi connectivity index (χ2v) is 11.5. The van der Waals surface area contributed by atoms with Crippen molar-refractivity contribution in [3.8, 4) is 0 Å². The topological polar surface area (TPSA) is 69.7 Å². The zero-order valence-corrected chi connectivity index (χ0v) is 21.0. The van der Waals surface area contributed by atoms with Gasteiger partial charge in [-0.05, 0) is 82.1 Å². The number of aryl methyl sites for hydroxylation is 2. The van der Waals surface area contributed by atoms with Crippen LogP contribution in [0.3, 0.4) is 0 Å². The number of benzene rings is 2. The summed E-state index contributed by atoms with van der Waals surface area (Å²) < 4.78 is 35.8. The highest BCUT2D eigenvalue weighted by molar-refractivity contribution is 7.86. The SMILES string of the molecule is Cc1ccccc1S(=O)(=O)OCCCc1ccc(C(C(=O)OC(C)(C)C)C2CCCC2)cc1. The average molecular weight is 473 g/mol. The number of hydrogen-bond acceptors (Lipinski definition) is 5. The van der Waals surface area contributed by atoms with Gasteiger partial charge in [-0.3, -0.25) is 8.98 Å². The van der Waals surface area contributed by atoms with Gasteiger partial charge < -0.3 is 4.74 Å². The second-order valence-electron chi connectivity index (χ2n) is 9.94. The molecule has 0 aliphatic heterocycles. The standard InChI is InChI=1S/C27H36O5S/c1-20-10-5-8-14-24(20)33(29,30)31-19-9-11-21-15-17-23(18-16-21)25(22-12-6-7-13-22)26(28)32-27(2,3)4/h5,8,10,14-18,22,25H,6-7,9,11-13,19H2,1-4H3. The maximum Gasteiger partial charge on any atom is 0.314 e. The zero-order chi connectivity index (χ0) is 24.1. The lowest BCUT2D eigenvalue weighted by Crippen LogP contribution is -2.30. The van der Waals surface area contributed by atoms with E-state index >= 15 is 0 Å². The highest BCUT2D eigenvalue weighted by atomic mass is 32.2. The molecule has 2 aromatic carbocycles. The molecule has 33 heavy (non-hydrogen) atoms. The van der Waals surface area contributed by atoms with Gasteiger partial charge in [-0.1, -0.05) is 55.3 Å². The fourth-order valence-corrected chi connectivity index (χ4v) is 5.67. The van der Waals surface area contributed by atoms with Crippen LogP contribution < -0.4 is 0 Å². The molecule has 180 valence electrons. The molecule has 0 aromatic heterocycles. The van der Waals surface area contributed by atoms with Crippen LogP contribution in [0.15, 0.2) is 53.4 Å². The van der Waals surface area contributed by atoms with Crippen LogP contribution in [0, 0.1) is 12.8 Å². The smallest absolute Gasteiger partial charge is 0.314 e. The van der Waals surface area contributed by atoms with E-state index in [0.29, 0.717) is 24.3 Å². The lowest BCUT2D eigenvalue weighted by atomic mass is 9.84. The molecule has 3 rings (SSSR count). The Balaban J connectivity index is 1.59. The predicted molar refractivity (Wildman–Crippen MR) is 130 cm³/mol. The van der Waals surface area contributed by atoms with Crippen LogP contribution in [-0.4, -0.2) is 26.6 Å². The van der Waals surface area contributed by atoms with Crippen LogP contribution in [0.25, 0.3) is 0 Å². The Bertz CT molecular complexity index is 1030. The number of esters is 1. The Morgan fingerprint density at radius 2 is 1.67 bits per heavy atom. The number of ether oxygens (including phenoxy) is 1. The Labute approximate surface area is 198 Å². The summed E-state index contributed by atoms with van der Waals surface area (Å²) in [5.74, 6) is -0.0499. The molecule has 5 nitrogen and oxygen atoms in total. The Kier molecular flexibility index (Phi) is 8.35. The third-order valence-corrected chi connectivity index (χ3v) is 7.56. The molecule has 1 fully saturated rings. The van der Waals surface area contributed by atoms with E-state index in [1.807, 2.05) is 45.0 Å². The van der Waals surface area contributed by atoms with E-state index < -0.39 is 15.7 Å². The minimum absolute atomic E-state index is 0.126. The van der Waals surface area contributed by atoms with Crippen LogP contribution in [0.1, 0.15) is 75.5 Å². The van der Waals surface area contributed by atoms with Crippen molar-refractivity contribution in [2.24, 2.45) is 5.92 Å². The molecule has 1 aliphatic rings. The molecule has 0 saturated heterocycles. The molecule has 0 heterocycles. The molecule has 0 amide bonds. The highest BCUT2D eigenvalue weighted by Gasteiger charge is 2.35. The molecular formula is C27H36O5S. The molecule has 0 spiro atoms. The van der Waals surface area contributed by atoms with E-state index in [2.05, 4.69) is 0 Å². The van der Waals surface area contributed by atoms with Crippen molar-refractivity contribution < 1.29 is 22.1 Å². The Morgan fingerprint density at radius 3 is 2.27 bits per heavy atom. The lowest BCUT2D eigenvalue weighted by molar-refractivity contribution is -0.158. The molecule has 0 N–H and O–H groups in total. The molecule has 0 bridgehead atoms. The summed E-state index contributed by atoms with van der Waals surface area (Å²) in [6.45, 7) is 7.60. The first-order chi connectivity index (χ1) is 15.6. The van der Waals surface area contributed by atoms with E-state index in [1.54, 1.807) is 31.2 Å². The normalized spacial score (nSPS) is 16.0. The summed E-state index contributed by atoms with van der Waals surface area (Å²) in [5, 5.41) is 0. The molecule has 1 atom stereocenters. The van der Waals surface area contributed by atoms with Crippen LogP contribution in [0.2, 0.25) is 0 Å². The summed E-state index contributed by atoms with van der Waals surface area (Å²) in [6, 6.07) is 14.9. The van der Waals surface area contributed by atoms with Crippen LogP contribution in [0.5, 0.6) is 0 Å². The fourth-order valence-electron chi connectivity index (χ4n) is 4.49. The van der Waals surface area contributed by atoms with E-state index in [4.69, 9.17) is 8.92 Å². The van der Waals surface area contributed by atoms with Gasteiger partial charge in [-0.25, -0.2) is 0 Å². The molecule has 2 aromatic rings. The monoisotopic (exact) mass is 472 g/mol. The third kappa shape index (κ3) is 7.15. The molecule has 6 heteroatoms. The van der Waals surface area contributed by atoms with Crippen molar-refractivity contribution in [2.75, 3.05) is 6.61 Å². The quantitative estimate of drug-likeness (QED) is 0.256. The van der Waals surface area contributed by atoms with Crippen molar-refractivity contribution in [3.63, 3.8) is 0 Å². The summed E-state index contributed by atoms with van der Waals surface area (Å²) in [4.78, 5) is 13.2. The van der Waals surface area contributed by atoms with E-state index in [0.717, 1.165) is 36.8 Å². The lowest BCUT2D eigenvalue weighted by Gasteiger charge is -2.27. The second kappa shape index (κ2) is 10.8. The maximum absolute atomic E-state index is 13.0. The van der Waals surface area contributed by atoms with Gasteiger partial charge in [0.1, 0.15) is 5.60 Å². The predicted octanol–water partition coefficient (Wildman–Crippen LogP) is 5.95. The first-order valence-corrected chi connectivity index (χ1v) is 13.2. The van der Waals surface area contributed by atoms with E-state index in [1.165, 1.54) is 0 Å². The number of hydrogen-bond donors (Lipinski definition) is 0. The first kappa shape index (κ1) is 25.4. The summed E-state index contributed by atoms with van der Waals surface area (Å²) in [5.41, 5.74) is 2.25. The molecule has 1 saturated carbocycles.